The van der Waals surface area contributed by atoms with Gasteiger partial charge in [-0.3, -0.25) is 9.48 Å². The molecule has 0 spiro atoms. The average molecular weight is 285 g/mol. The summed E-state index contributed by atoms with van der Waals surface area (Å²) in [6.45, 7) is 0.381. The van der Waals surface area contributed by atoms with Gasteiger partial charge in [-0.15, -0.1) is 0 Å². The van der Waals surface area contributed by atoms with E-state index in [9.17, 15) is 14.7 Å². The molecule has 0 saturated heterocycles. The molecule has 0 bridgehead atoms. The van der Waals surface area contributed by atoms with Crippen LogP contribution in [0.4, 0.5) is 0 Å². The van der Waals surface area contributed by atoms with E-state index < -0.39 is 12.0 Å². The zero-order valence-electron chi connectivity index (χ0n) is 11.3. The van der Waals surface area contributed by atoms with Crippen LogP contribution < -0.4 is 0 Å². The molecular formula is C15H15N3O3. The second kappa shape index (κ2) is 5.40. The van der Waals surface area contributed by atoms with Crippen LogP contribution in [0.1, 0.15) is 11.1 Å². The van der Waals surface area contributed by atoms with Crippen molar-refractivity contribution in [2.75, 3.05) is 0 Å². The van der Waals surface area contributed by atoms with Gasteiger partial charge in [-0.25, -0.2) is 4.79 Å². The first-order valence-electron chi connectivity index (χ1n) is 6.71. The Hall–Kier alpha value is -2.63. The summed E-state index contributed by atoms with van der Waals surface area (Å²) in [5, 5.41) is 13.4. The van der Waals surface area contributed by atoms with E-state index in [0.717, 1.165) is 11.1 Å². The van der Waals surface area contributed by atoms with Crippen molar-refractivity contribution < 1.29 is 14.7 Å². The van der Waals surface area contributed by atoms with Crippen molar-refractivity contribution >= 4 is 11.9 Å². The minimum absolute atomic E-state index is 0.0545. The lowest BCUT2D eigenvalue weighted by Crippen LogP contribution is -2.49. The van der Waals surface area contributed by atoms with E-state index in [0.29, 0.717) is 13.0 Å². The Bertz CT molecular complexity index is 667. The van der Waals surface area contributed by atoms with E-state index in [4.69, 9.17) is 0 Å². The zero-order chi connectivity index (χ0) is 14.8. The first-order valence-corrected chi connectivity index (χ1v) is 6.71. The molecule has 2 heterocycles. The van der Waals surface area contributed by atoms with E-state index >= 15 is 0 Å². The Balaban J connectivity index is 1.85. The molecular weight excluding hydrogens is 270 g/mol. The highest BCUT2D eigenvalue weighted by Gasteiger charge is 2.34. The molecule has 1 unspecified atom stereocenters. The maximum atomic E-state index is 12.4. The first-order chi connectivity index (χ1) is 10.1. The molecule has 108 valence electrons. The first kappa shape index (κ1) is 13.4. The van der Waals surface area contributed by atoms with Crippen molar-refractivity contribution in [3.05, 3.63) is 53.9 Å². The van der Waals surface area contributed by atoms with Gasteiger partial charge in [0.2, 0.25) is 5.91 Å². The number of amides is 1. The van der Waals surface area contributed by atoms with Crippen molar-refractivity contribution in [2.45, 2.75) is 25.6 Å². The second-order valence-corrected chi connectivity index (χ2v) is 5.05. The summed E-state index contributed by atoms with van der Waals surface area (Å²) in [5.41, 5.74) is 2.00. The monoisotopic (exact) mass is 285 g/mol. The molecule has 1 aliphatic rings. The van der Waals surface area contributed by atoms with Gasteiger partial charge in [-0.2, -0.15) is 5.10 Å². The van der Waals surface area contributed by atoms with Crippen molar-refractivity contribution in [3.63, 3.8) is 0 Å². The Labute approximate surface area is 121 Å². The molecule has 1 aliphatic heterocycles. The predicted molar refractivity (Wildman–Crippen MR) is 74.3 cm³/mol. The van der Waals surface area contributed by atoms with E-state index in [1.165, 1.54) is 9.58 Å². The number of rotatable bonds is 3. The fraction of sp³-hybridized carbons (Fsp3) is 0.267. The van der Waals surface area contributed by atoms with Crippen LogP contribution in [-0.2, 0) is 29.1 Å². The summed E-state index contributed by atoms with van der Waals surface area (Å²) in [4.78, 5) is 25.3. The quantitative estimate of drug-likeness (QED) is 0.910. The van der Waals surface area contributed by atoms with Crippen molar-refractivity contribution in [1.82, 2.24) is 14.7 Å². The van der Waals surface area contributed by atoms with E-state index in [-0.39, 0.29) is 12.5 Å². The van der Waals surface area contributed by atoms with Gasteiger partial charge < -0.3 is 10.0 Å². The van der Waals surface area contributed by atoms with Crippen LogP contribution in [0.2, 0.25) is 0 Å². The molecule has 1 atom stereocenters. The van der Waals surface area contributed by atoms with Crippen LogP contribution in [-0.4, -0.2) is 37.7 Å². The fourth-order valence-corrected chi connectivity index (χ4v) is 2.63. The third kappa shape index (κ3) is 2.65. The van der Waals surface area contributed by atoms with Crippen LogP contribution in [0, 0.1) is 0 Å². The molecule has 1 aromatic carbocycles. The average Bonchev–Trinajstić information content (AvgIpc) is 2.98. The number of carboxylic acid groups (broad SMARTS) is 1. The topological polar surface area (TPSA) is 75.4 Å². The fourth-order valence-electron chi connectivity index (χ4n) is 2.63. The number of carbonyl (C=O) groups is 2. The van der Waals surface area contributed by atoms with Crippen LogP contribution in [0.5, 0.6) is 0 Å². The van der Waals surface area contributed by atoms with Gasteiger partial charge in [0.15, 0.2) is 0 Å². The van der Waals surface area contributed by atoms with Crippen LogP contribution in [0.25, 0.3) is 0 Å². The number of carboxylic acids is 1. The molecule has 6 heteroatoms. The highest BCUT2D eigenvalue weighted by molar-refractivity contribution is 5.84. The summed E-state index contributed by atoms with van der Waals surface area (Å²) in [6.07, 6.45) is 3.62. The standard InChI is InChI=1S/C15H15N3O3/c19-14(10-17-7-3-6-16-17)18-9-12-5-2-1-4-11(12)8-13(18)15(20)21/h1-7,13H,8-10H2,(H,20,21). The molecule has 6 nitrogen and oxygen atoms in total. The van der Waals surface area contributed by atoms with Crippen LogP contribution in [0.15, 0.2) is 42.7 Å². The smallest absolute Gasteiger partial charge is 0.326 e. The van der Waals surface area contributed by atoms with E-state index in [1.54, 1.807) is 18.5 Å². The van der Waals surface area contributed by atoms with Crippen molar-refractivity contribution in [1.29, 1.82) is 0 Å². The maximum absolute atomic E-state index is 12.4. The molecule has 1 N–H and O–H groups in total. The summed E-state index contributed by atoms with van der Waals surface area (Å²) in [7, 11) is 0. The van der Waals surface area contributed by atoms with Gasteiger partial charge in [-0.05, 0) is 17.2 Å². The van der Waals surface area contributed by atoms with Gasteiger partial charge in [0.05, 0.1) is 0 Å². The largest absolute Gasteiger partial charge is 0.480 e. The molecule has 1 amide bonds. The number of aliphatic carboxylic acids is 1. The normalized spacial score (nSPS) is 17.3. The van der Waals surface area contributed by atoms with Crippen molar-refractivity contribution in [2.24, 2.45) is 0 Å². The van der Waals surface area contributed by atoms with Gasteiger partial charge in [0.25, 0.3) is 0 Å². The van der Waals surface area contributed by atoms with Crippen LogP contribution in [0.3, 0.4) is 0 Å². The molecule has 0 aliphatic carbocycles. The molecule has 2 aromatic rings. The lowest BCUT2D eigenvalue weighted by atomic mass is 9.94. The summed E-state index contributed by atoms with van der Waals surface area (Å²) in [6, 6.07) is 8.55. The third-order valence-electron chi connectivity index (χ3n) is 3.71. The maximum Gasteiger partial charge on any atom is 0.326 e. The summed E-state index contributed by atoms with van der Waals surface area (Å²) in [5.74, 6) is -1.21. The number of benzene rings is 1. The molecule has 0 fully saturated rings. The Morgan fingerprint density at radius 3 is 2.67 bits per heavy atom. The highest BCUT2D eigenvalue weighted by atomic mass is 16.4. The van der Waals surface area contributed by atoms with Gasteiger partial charge in [0, 0.05) is 25.4 Å². The molecule has 0 saturated carbocycles. The second-order valence-electron chi connectivity index (χ2n) is 5.05. The summed E-state index contributed by atoms with van der Waals surface area (Å²) >= 11 is 0. The van der Waals surface area contributed by atoms with E-state index in [1.807, 2.05) is 24.3 Å². The van der Waals surface area contributed by atoms with Gasteiger partial charge in [-0.1, -0.05) is 24.3 Å². The van der Waals surface area contributed by atoms with Gasteiger partial charge in [0.1, 0.15) is 12.6 Å². The Morgan fingerprint density at radius 2 is 2.00 bits per heavy atom. The van der Waals surface area contributed by atoms with Gasteiger partial charge >= 0.3 is 5.97 Å². The molecule has 3 rings (SSSR count). The number of fused-ring (bicyclic) bond motifs is 1. The lowest BCUT2D eigenvalue weighted by Gasteiger charge is -2.34. The summed E-state index contributed by atoms with van der Waals surface area (Å²) < 4.78 is 1.50. The highest BCUT2D eigenvalue weighted by Crippen LogP contribution is 2.23. The number of aromatic nitrogens is 2. The molecule has 1 aromatic heterocycles. The minimum Gasteiger partial charge on any atom is -0.480 e. The third-order valence-corrected chi connectivity index (χ3v) is 3.71. The zero-order valence-corrected chi connectivity index (χ0v) is 11.3. The molecule has 0 radical (unpaired) electrons. The van der Waals surface area contributed by atoms with Crippen molar-refractivity contribution in [3.8, 4) is 0 Å². The number of nitrogens with zero attached hydrogens (tertiary/aromatic N) is 3. The predicted octanol–water partition coefficient (Wildman–Crippen LogP) is 0.921. The van der Waals surface area contributed by atoms with Crippen LogP contribution >= 0.6 is 0 Å². The Morgan fingerprint density at radius 1 is 1.24 bits per heavy atom. The number of hydrogen-bond donors (Lipinski definition) is 1. The number of hydrogen-bond acceptors (Lipinski definition) is 3. The lowest BCUT2D eigenvalue weighted by molar-refractivity contribution is -0.151. The molecule has 21 heavy (non-hydrogen) atoms. The van der Waals surface area contributed by atoms with E-state index in [2.05, 4.69) is 5.10 Å². The minimum atomic E-state index is -0.974. The number of carbonyl (C=O) groups excluding carboxylic acids is 1. The Kier molecular flexibility index (Phi) is 3.43. The SMILES string of the molecule is O=C(O)C1Cc2ccccc2CN1C(=O)Cn1cccn1.